The standard InChI is InChI=1S/C7H4Cl2O2.C7H4F2O2/c2*8-4-1-2-5(7(10)11)6(9)3-4/h2*1-3H,(H,10,11). The van der Waals surface area contributed by atoms with Gasteiger partial charge < -0.3 is 10.2 Å². The maximum absolute atomic E-state index is 12.5. The number of carboxylic acids is 2. The Morgan fingerprint density at radius 3 is 1.86 bits per heavy atom. The van der Waals surface area contributed by atoms with Gasteiger partial charge in [0.1, 0.15) is 11.6 Å². The SMILES string of the molecule is O=C(O)c1ccc(Cl)cc1Cl.O=C(O)c1ccc(F)cc1F. The summed E-state index contributed by atoms with van der Waals surface area (Å²) in [6, 6.07) is 6.56. The van der Waals surface area contributed by atoms with E-state index >= 15 is 0 Å². The molecule has 2 aromatic rings. The number of carboxylic acid groups (broad SMARTS) is 2. The molecule has 2 rings (SSSR count). The molecule has 0 saturated heterocycles. The molecule has 0 unspecified atom stereocenters. The van der Waals surface area contributed by atoms with Crippen LogP contribution in [0.1, 0.15) is 20.7 Å². The van der Waals surface area contributed by atoms with E-state index in [1.165, 1.54) is 18.2 Å². The summed E-state index contributed by atoms with van der Waals surface area (Å²) in [5, 5.41) is 17.4. The smallest absolute Gasteiger partial charge is 0.338 e. The first-order valence-corrected chi connectivity index (χ1v) is 6.34. The third-order valence-electron chi connectivity index (χ3n) is 2.32. The quantitative estimate of drug-likeness (QED) is 0.845. The van der Waals surface area contributed by atoms with Crippen molar-refractivity contribution in [1.29, 1.82) is 0 Å². The van der Waals surface area contributed by atoms with Gasteiger partial charge in [0.05, 0.1) is 16.1 Å². The van der Waals surface area contributed by atoms with E-state index in [1.807, 2.05) is 0 Å². The number of benzene rings is 2. The first-order chi connectivity index (χ1) is 10.2. The molecule has 0 aromatic heterocycles. The summed E-state index contributed by atoms with van der Waals surface area (Å²) in [5.41, 5.74) is -0.456. The summed E-state index contributed by atoms with van der Waals surface area (Å²) in [5.74, 6) is -4.29. The lowest BCUT2D eigenvalue weighted by molar-refractivity contribution is 0.0683. The third kappa shape index (κ3) is 4.98. The molecule has 0 fully saturated rings. The van der Waals surface area contributed by atoms with Gasteiger partial charge in [0, 0.05) is 11.1 Å². The van der Waals surface area contributed by atoms with Gasteiger partial charge in [0.2, 0.25) is 0 Å². The van der Waals surface area contributed by atoms with E-state index < -0.39 is 29.1 Å². The lowest BCUT2D eigenvalue weighted by Crippen LogP contribution is -2.00. The molecule has 22 heavy (non-hydrogen) atoms. The molecule has 0 atom stereocenters. The van der Waals surface area contributed by atoms with Gasteiger partial charge in [-0.1, -0.05) is 23.2 Å². The highest BCUT2D eigenvalue weighted by atomic mass is 35.5. The Balaban J connectivity index is 0.000000220. The molecule has 116 valence electrons. The number of rotatable bonds is 2. The molecule has 4 nitrogen and oxygen atoms in total. The largest absolute Gasteiger partial charge is 0.478 e. The Kier molecular flexibility index (Phi) is 6.27. The number of hydrogen-bond donors (Lipinski definition) is 2. The van der Waals surface area contributed by atoms with Crippen molar-refractivity contribution < 1.29 is 28.6 Å². The van der Waals surface area contributed by atoms with Gasteiger partial charge in [-0.2, -0.15) is 0 Å². The molecule has 0 saturated carbocycles. The summed E-state index contributed by atoms with van der Waals surface area (Å²) in [4.78, 5) is 20.6. The normalized spacial score (nSPS) is 9.64. The molecule has 8 heteroatoms. The van der Waals surface area contributed by atoms with Crippen molar-refractivity contribution in [1.82, 2.24) is 0 Å². The first-order valence-electron chi connectivity index (χ1n) is 5.59. The van der Waals surface area contributed by atoms with Crippen LogP contribution in [0.2, 0.25) is 10.0 Å². The third-order valence-corrected chi connectivity index (χ3v) is 2.87. The molecule has 2 N–H and O–H groups in total. The second-order valence-electron chi connectivity index (χ2n) is 3.86. The van der Waals surface area contributed by atoms with Gasteiger partial charge in [-0.15, -0.1) is 0 Å². The van der Waals surface area contributed by atoms with E-state index in [4.69, 9.17) is 33.4 Å². The maximum atomic E-state index is 12.5. The summed E-state index contributed by atoms with van der Waals surface area (Å²) < 4.78 is 24.7. The van der Waals surface area contributed by atoms with Crippen LogP contribution in [-0.2, 0) is 0 Å². The molecule has 0 bridgehead atoms. The lowest BCUT2D eigenvalue weighted by Gasteiger charge is -1.96. The topological polar surface area (TPSA) is 74.6 Å². The molecule has 0 aliphatic heterocycles. The van der Waals surface area contributed by atoms with E-state index in [2.05, 4.69) is 0 Å². The van der Waals surface area contributed by atoms with Gasteiger partial charge in [-0.25, -0.2) is 18.4 Å². The number of hydrogen-bond acceptors (Lipinski definition) is 2. The fourth-order valence-corrected chi connectivity index (χ4v) is 1.82. The van der Waals surface area contributed by atoms with Crippen LogP contribution in [-0.4, -0.2) is 22.2 Å². The van der Waals surface area contributed by atoms with Crippen LogP contribution in [0.25, 0.3) is 0 Å². The molecular weight excluding hydrogens is 341 g/mol. The molecule has 0 heterocycles. The fraction of sp³-hybridized carbons (Fsp3) is 0. The highest BCUT2D eigenvalue weighted by molar-refractivity contribution is 6.36. The summed E-state index contributed by atoms with van der Waals surface area (Å²) in [6.45, 7) is 0. The van der Waals surface area contributed by atoms with Crippen molar-refractivity contribution in [2.75, 3.05) is 0 Å². The van der Waals surface area contributed by atoms with E-state index in [9.17, 15) is 18.4 Å². The van der Waals surface area contributed by atoms with Gasteiger partial charge in [-0.05, 0) is 30.3 Å². The minimum Gasteiger partial charge on any atom is -0.478 e. The van der Waals surface area contributed by atoms with Crippen LogP contribution in [0.5, 0.6) is 0 Å². The summed E-state index contributed by atoms with van der Waals surface area (Å²) in [6.07, 6.45) is 0. The summed E-state index contributed by atoms with van der Waals surface area (Å²) in [7, 11) is 0. The fourth-order valence-electron chi connectivity index (χ4n) is 1.33. The van der Waals surface area contributed by atoms with Gasteiger partial charge in [-0.3, -0.25) is 0 Å². The Morgan fingerprint density at radius 1 is 0.864 bits per heavy atom. The second-order valence-corrected chi connectivity index (χ2v) is 4.70. The summed E-state index contributed by atoms with van der Waals surface area (Å²) >= 11 is 11.1. The van der Waals surface area contributed by atoms with Gasteiger partial charge in [0.25, 0.3) is 0 Å². The van der Waals surface area contributed by atoms with Crippen molar-refractivity contribution in [3.8, 4) is 0 Å². The van der Waals surface area contributed by atoms with E-state index in [-0.39, 0.29) is 10.6 Å². The Bertz CT molecular complexity index is 658. The zero-order chi connectivity index (χ0) is 16.9. The van der Waals surface area contributed by atoms with Crippen LogP contribution in [0.15, 0.2) is 36.4 Å². The second kappa shape index (κ2) is 7.72. The predicted molar refractivity (Wildman–Crippen MR) is 76.7 cm³/mol. The molecule has 0 amide bonds. The Labute approximate surface area is 133 Å². The average molecular weight is 349 g/mol. The van der Waals surface area contributed by atoms with Gasteiger partial charge >= 0.3 is 11.9 Å². The van der Waals surface area contributed by atoms with E-state index in [1.54, 1.807) is 0 Å². The molecule has 0 radical (unpaired) electrons. The number of halogens is 4. The average Bonchev–Trinajstić information content (AvgIpc) is 2.38. The number of aromatic carboxylic acids is 2. The van der Waals surface area contributed by atoms with E-state index in [0.29, 0.717) is 11.1 Å². The zero-order valence-corrected chi connectivity index (χ0v) is 12.2. The first kappa shape index (κ1) is 17.9. The van der Waals surface area contributed by atoms with E-state index in [0.717, 1.165) is 12.1 Å². The van der Waals surface area contributed by atoms with Crippen LogP contribution >= 0.6 is 23.2 Å². The lowest BCUT2D eigenvalue weighted by atomic mass is 10.2. The predicted octanol–water partition coefficient (Wildman–Crippen LogP) is 4.35. The Hall–Kier alpha value is -2.18. The van der Waals surface area contributed by atoms with Crippen molar-refractivity contribution in [2.24, 2.45) is 0 Å². The molecular formula is C14H8Cl2F2O4. The van der Waals surface area contributed by atoms with Crippen LogP contribution in [0.3, 0.4) is 0 Å². The van der Waals surface area contributed by atoms with Crippen molar-refractivity contribution >= 4 is 35.1 Å². The Morgan fingerprint density at radius 2 is 1.41 bits per heavy atom. The van der Waals surface area contributed by atoms with Crippen LogP contribution < -0.4 is 0 Å². The molecule has 2 aromatic carbocycles. The zero-order valence-electron chi connectivity index (χ0n) is 10.7. The minimum absolute atomic E-state index is 0.0658. The highest BCUT2D eigenvalue weighted by Gasteiger charge is 2.09. The van der Waals surface area contributed by atoms with Crippen molar-refractivity contribution in [3.63, 3.8) is 0 Å². The van der Waals surface area contributed by atoms with Crippen LogP contribution in [0, 0.1) is 11.6 Å². The van der Waals surface area contributed by atoms with Crippen LogP contribution in [0.4, 0.5) is 8.78 Å². The number of carbonyl (C=O) groups is 2. The molecule has 0 spiro atoms. The minimum atomic E-state index is -1.40. The monoisotopic (exact) mass is 348 g/mol. The van der Waals surface area contributed by atoms with Crippen molar-refractivity contribution in [3.05, 3.63) is 69.2 Å². The maximum Gasteiger partial charge on any atom is 0.338 e. The highest BCUT2D eigenvalue weighted by Crippen LogP contribution is 2.20. The van der Waals surface area contributed by atoms with Gasteiger partial charge in [0.15, 0.2) is 0 Å². The molecule has 0 aliphatic rings. The molecule has 0 aliphatic carbocycles. The van der Waals surface area contributed by atoms with Crippen molar-refractivity contribution in [2.45, 2.75) is 0 Å².